The Labute approximate surface area is 195 Å². The van der Waals surface area contributed by atoms with E-state index in [1.165, 1.54) is 24.3 Å². The molecule has 10 heteroatoms. The van der Waals surface area contributed by atoms with Gasteiger partial charge in [0.1, 0.15) is 11.9 Å². The van der Waals surface area contributed by atoms with Crippen molar-refractivity contribution in [1.29, 1.82) is 0 Å². The number of halogens is 1. The van der Waals surface area contributed by atoms with Gasteiger partial charge in [0.05, 0.1) is 11.4 Å². The molecule has 0 aliphatic carbocycles. The Morgan fingerprint density at radius 3 is 2.52 bits per heavy atom. The number of nitrogens with one attached hydrogen (secondary N) is 1. The molecule has 0 saturated carbocycles. The molecule has 0 radical (unpaired) electrons. The predicted octanol–water partition coefficient (Wildman–Crippen LogP) is 3.04. The van der Waals surface area contributed by atoms with Crippen LogP contribution in [0, 0.1) is 11.7 Å². The van der Waals surface area contributed by atoms with Crippen molar-refractivity contribution < 1.29 is 18.5 Å². The Balaban J connectivity index is 1.31. The summed E-state index contributed by atoms with van der Waals surface area (Å²) in [4.78, 5) is 35.1. The van der Waals surface area contributed by atoms with Crippen LogP contribution < -0.4 is 5.32 Å². The summed E-state index contributed by atoms with van der Waals surface area (Å²) in [5.41, 5.74) is 0.321. The molecule has 1 aromatic carbocycles. The number of aromatic nitrogens is 2. The Hall–Kier alpha value is -3.11. The number of nitrogens with zero attached hydrogens (tertiary/aromatic N) is 4. The van der Waals surface area contributed by atoms with Crippen LogP contribution in [0.1, 0.15) is 30.1 Å². The molecule has 3 heterocycles. The van der Waals surface area contributed by atoms with Crippen LogP contribution in [0.4, 0.5) is 4.39 Å². The lowest BCUT2D eigenvalue weighted by Gasteiger charge is -2.36. The molecular weight excluding hydrogens is 445 g/mol. The zero-order valence-corrected chi connectivity index (χ0v) is 19.3. The van der Waals surface area contributed by atoms with Gasteiger partial charge in [-0.3, -0.25) is 14.5 Å². The van der Waals surface area contributed by atoms with Crippen LogP contribution >= 0.6 is 11.3 Å². The molecule has 1 saturated heterocycles. The van der Waals surface area contributed by atoms with E-state index in [9.17, 15) is 14.0 Å². The summed E-state index contributed by atoms with van der Waals surface area (Å²) < 4.78 is 18.5. The Morgan fingerprint density at radius 1 is 1.15 bits per heavy atom. The van der Waals surface area contributed by atoms with Gasteiger partial charge in [0.25, 0.3) is 5.91 Å². The summed E-state index contributed by atoms with van der Waals surface area (Å²) in [5, 5.41) is 8.82. The first kappa shape index (κ1) is 23.1. The SMILES string of the molecule is CC(C)C(NC(=O)c1ccc(F)cc1)C(=O)N1CCN(Cc2nc(-c3cccs3)no2)CC1. The van der Waals surface area contributed by atoms with Gasteiger partial charge in [-0.2, -0.15) is 4.98 Å². The van der Waals surface area contributed by atoms with E-state index in [2.05, 4.69) is 20.4 Å². The molecule has 0 spiro atoms. The molecule has 174 valence electrons. The summed E-state index contributed by atoms with van der Waals surface area (Å²) in [7, 11) is 0. The van der Waals surface area contributed by atoms with Crippen molar-refractivity contribution >= 4 is 23.2 Å². The number of hydrogen-bond donors (Lipinski definition) is 1. The third kappa shape index (κ3) is 5.63. The van der Waals surface area contributed by atoms with E-state index in [1.807, 2.05) is 31.4 Å². The standard InChI is InChI=1S/C23H26FN5O3S/c1-15(2)20(26-22(30)16-5-7-17(24)8-6-16)23(31)29-11-9-28(10-12-29)14-19-25-21(27-32-19)18-4-3-13-33-18/h3-8,13,15,20H,9-12,14H2,1-2H3,(H,26,30). The van der Waals surface area contributed by atoms with E-state index < -0.39 is 17.8 Å². The second-order valence-electron chi connectivity index (χ2n) is 8.29. The second-order valence-corrected chi connectivity index (χ2v) is 9.24. The third-order valence-corrected chi connectivity index (χ3v) is 6.44. The number of amides is 2. The molecule has 33 heavy (non-hydrogen) atoms. The summed E-state index contributed by atoms with van der Waals surface area (Å²) in [6.45, 7) is 6.73. The first-order valence-electron chi connectivity index (χ1n) is 10.8. The zero-order valence-electron chi connectivity index (χ0n) is 18.5. The van der Waals surface area contributed by atoms with Crippen LogP contribution in [0.5, 0.6) is 0 Å². The third-order valence-electron chi connectivity index (χ3n) is 5.58. The molecule has 1 atom stereocenters. The molecule has 3 aromatic rings. The lowest BCUT2D eigenvalue weighted by atomic mass is 10.0. The zero-order chi connectivity index (χ0) is 23.4. The molecule has 1 fully saturated rings. The van der Waals surface area contributed by atoms with Gasteiger partial charge < -0.3 is 14.7 Å². The van der Waals surface area contributed by atoms with Crippen molar-refractivity contribution in [1.82, 2.24) is 25.3 Å². The van der Waals surface area contributed by atoms with E-state index in [-0.39, 0.29) is 11.8 Å². The number of piperazine rings is 1. The van der Waals surface area contributed by atoms with Crippen LogP contribution in [0.15, 0.2) is 46.3 Å². The number of carbonyl (C=O) groups excluding carboxylic acids is 2. The van der Waals surface area contributed by atoms with Crippen LogP contribution in [-0.4, -0.2) is 64.0 Å². The minimum atomic E-state index is -0.654. The van der Waals surface area contributed by atoms with Gasteiger partial charge in [0, 0.05) is 31.7 Å². The van der Waals surface area contributed by atoms with E-state index >= 15 is 0 Å². The first-order valence-corrected chi connectivity index (χ1v) is 11.7. The van der Waals surface area contributed by atoms with Crippen LogP contribution in [-0.2, 0) is 11.3 Å². The fourth-order valence-corrected chi connectivity index (χ4v) is 4.33. The number of hydrogen-bond acceptors (Lipinski definition) is 7. The van der Waals surface area contributed by atoms with Gasteiger partial charge in [0.15, 0.2) is 0 Å². The second kappa shape index (κ2) is 10.2. The fourth-order valence-electron chi connectivity index (χ4n) is 3.68. The lowest BCUT2D eigenvalue weighted by molar-refractivity contribution is -0.136. The number of benzene rings is 1. The highest BCUT2D eigenvalue weighted by atomic mass is 32.1. The quantitative estimate of drug-likeness (QED) is 0.570. The van der Waals surface area contributed by atoms with E-state index in [1.54, 1.807) is 16.2 Å². The Bertz CT molecular complexity index is 1080. The Morgan fingerprint density at radius 2 is 1.88 bits per heavy atom. The van der Waals surface area contributed by atoms with Crippen LogP contribution in [0.3, 0.4) is 0 Å². The van der Waals surface area contributed by atoms with Gasteiger partial charge in [-0.25, -0.2) is 4.39 Å². The van der Waals surface area contributed by atoms with Gasteiger partial charge in [-0.15, -0.1) is 11.3 Å². The van der Waals surface area contributed by atoms with Crippen molar-refractivity contribution in [3.63, 3.8) is 0 Å². The van der Waals surface area contributed by atoms with Crippen molar-refractivity contribution in [2.75, 3.05) is 26.2 Å². The smallest absolute Gasteiger partial charge is 0.251 e. The predicted molar refractivity (Wildman–Crippen MR) is 122 cm³/mol. The molecule has 8 nitrogen and oxygen atoms in total. The average molecular weight is 472 g/mol. The molecule has 4 rings (SSSR count). The van der Waals surface area contributed by atoms with Crippen LogP contribution in [0.25, 0.3) is 10.7 Å². The topological polar surface area (TPSA) is 91.6 Å². The molecule has 0 bridgehead atoms. The minimum Gasteiger partial charge on any atom is -0.340 e. The molecule has 1 N–H and O–H groups in total. The maximum atomic E-state index is 13.2. The molecule has 2 amide bonds. The molecule has 2 aromatic heterocycles. The van der Waals surface area contributed by atoms with Crippen molar-refractivity contribution in [3.05, 3.63) is 59.0 Å². The molecule has 1 aliphatic heterocycles. The largest absolute Gasteiger partial charge is 0.340 e. The monoisotopic (exact) mass is 471 g/mol. The summed E-state index contributed by atoms with van der Waals surface area (Å²) in [5.74, 6) is 0.130. The maximum absolute atomic E-state index is 13.2. The van der Waals surface area contributed by atoms with Crippen molar-refractivity contribution in [3.8, 4) is 10.7 Å². The Kier molecular flexibility index (Phi) is 7.14. The average Bonchev–Trinajstić information content (AvgIpc) is 3.50. The van der Waals surface area contributed by atoms with E-state index in [0.29, 0.717) is 50.0 Å². The highest BCUT2D eigenvalue weighted by Gasteiger charge is 2.31. The van der Waals surface area contributed by atoms with Crippen molar-refractivity contribution in [2.45, 2.75) is 26.4 Å². The van der Waals surface area contributed by atoms with Gasteiger partial charge in [-0.1, -0.05) is 25.1 Å². The number of carbonyl (C=O) groups is 2. The van der Waals surface area contributed by atoms with Crippen molar-refractivity contribution in [2.24, 2.45) is 5.92 Å². The fraction of sp³-hybridized carbons (Fsp3) is 0.391. The van der Waals surface area contributed by atoms with Gasteiger partial charge in [0.2, 0.25) is 17.6 Å². The normalized spacial score (nSPS) is 15.6. The molecular formula is C23H26FN5O3S. The molecule has 1 aliphatic rings. The van der Waals surface area contributed by atoms with Gasteiger partial charge in [-0.05, 0) is 41.6 Å². The number of thiophene rings is 1. The highest BCUT2D eigenvalue weighted by molar-refractivity contribution is 7.13. The summed E-state index contributed by atoms with van der Waals surface area (Å²) in [6.07, 6.45) is 0. The first-order chi connectivity index (χ1) is 15.9. The molecule has 1 unspecified atom stereocenters. The lowest BCUT2D eigenvalue weighted by Crippen LogP contribution is -2.56. The maximum Gasteiger partial charge on any atom is 0.251 e. The van der Waals surface area contributed by atoms with E-state index in [0.717, 1.165) is 4.88 Å². The summed E-state index contributed by atoms with van der Waals surface area (Å²) in [6, 6.07) is 8.51. The minimum absolute atomic E-state index is 0.0889. The summed E-state index contributed by atoms with van der Waals surface area (Å²) >= 11 is 1.56. The highest BCUT2D eigenvalue weighted by Crippen LogP contribution is 2.22. The number of rotatable bonds is 7. The van der Waals surface area contributed by atoms with Crippen LogP contribution in [0.2, 0.25) is 0 Å². The van der Waals surface area contributed by atoms with E-state index in [4.69, 9.17) is 4.52 Å². The van der Waals surface area contributed by atoms with Gasteiger partial charge >= 0.3 is 0 Å².